The van der Waals surface area contributed by atoms with E-state index in [1.165, 1.54) is 108 Å². The Hall–Kier alpha value is -6.22. The smallest absolute Gasteiger partial charge is 0.0689 e. The van der Waals surface area contributed by atoms with E-state index in [0.717, 1.165) is 12.8 Å². The normalized spacial score (nSPS) is 15.4. The molecule has 0 atom stereocenters. The summed E-state index contributed by atoms with van der Waals surface area (Å²) in [5, 5.41) is 10.8. The molecular formula is C51H31NS. The predicted molar refractivity (Wildman–Crippen MR) is 226 cm³/mol. The van der Waals surface area contributed by atoms with E-state index in [1.807, 2.05) is 11.3 Å². The van der Waals surface area contributed by atoms with Crippen LogP contribution in [-0.2, 0) is 5.41 Å². The van der Waals surface area contributed by atoms with Gasteiger partial charge in [0.2, 0.25) is 0 Å². The van der Waals surface area contributed by atoms with Crippen LogP contribution in [0.1, 0.15) is 35.1 Å². The van der Waals surface area contributed by atoms with Gasteiger partial charge in [0.15, 0.2) is 0 Å². The molecule has 3 aliphatic rings. The van der Waals surface area contributed by atoms with Gasteiger partial charge in [-0.1, -0.05) is 115 Å². The molecule has 0 saturated heterocycles. The van der Waals surface area contributed by atoms with Crippen molar-refractivity contribution in [2.24, 2.45) is 0 Å². The minimum absolute atomic E-state index is 0.301. The molecule has 0 radical (unpaired) electrons. The van der Waals surface area contributed by atoms with Crippen LogP contribution in [0.2, 0.25) is 0 Å². The summed E-state index contributed by atoms with van der Waals surface area (Å²) >= 11 is 1.88. The molecule has 0 saturated carbocycles. The maximum absolute atomic E-state index is 2.54. The molecule has 53 heavy (non-hydrogen) atoms. The molecule has 13 rings (SSSR count). The van der Waals surface area contributed by atoms with Gasteiger partial charge in [-0.3, -0.25) is 0 Å². The molecule has 0 amide bonds. The standard InChI is InChI=1S/C51H31NS/c1-4-14-41-35(11-1)36-24-23-34(29-44(36)51(41)42-15-7-9-30-19-20-31-10-8-16-43(51)50(31)49(30)42)52-45-17-5-2-12-37(45)39-27-32(21-25-46(39)52)33-22-26-48-40(28-33)38-13-3-6-18-47(38)53-48/h1-3,5-13,15-29H,4,14H2. The molecule has 0 fully saturated rings. The zero-order chi connectivity index (χ0) is 34.4. The highest BCUT2D eigenvalue weighted by atomic mass is 32.1. The van der Waals surface area contributed by atoms with Crippen LogP contribution >= 0.6 is 11.3 Å². The van der Waals surface area contributed by atoms with Crippen LogP contribution in [0.4, 0.5) is 0 Å². The number of thiophene rings is 1. The second-order valence-electron chi connectivity index (χ2n) is 15.1. The Morgan fingerprint density at radius 1 is 0.509 bits per heavy atom. The number of para-hydroxylation sites is 1. The summed E-state index contributed by atoms with van der Waals surface area (Å²) in [4.78, 5) is 0. The van der Waals surface area contributed by atoms with Crippen LogP contribution in [0.25, 0.3) is 85.9 Å². The first-order valence-corrected chi connectivity index (χ1v) is 19.5. The van der Waals surface area contributed by atoms with Crippen LogP contribution in [-0.4, -0.2) is 4.57 Å². The zero-order valence-electron chi connectivity index (χ0n) is 28.9. The van der Waals surface area contributed by atoms with Crippen LogP contribution in [0.15, 0.2) is 169 Å². The lowest BCUT2D eigenvalue weighted by atomic mass is 9.67. The van der Waals surface area contributed by atoms with Gasteiger partial charge in [-0.15, -0.1) is 11.3 Å². The summed E-state index contributed by atoms with van der Waals surface area (Å²) < 4.78 is 5.19. The van der Waals surface area contributed by atoms with E-state index < -0.39 is 0 Å². The molecule has 2 heterocycles. The van der Waals surface area contributed by atoms with E-state index in [4.69, 9.17) is 0 Å². The molecular weight excluding hydrogens is 659 g/mol. The summed E-state index contributed by atoms with van der Waals surface area (Å²) in [5.41, 5.74) is 14.6. The summed E-state index contributed by atoms with van der Waals surface area (Å²) in [5.74, 6) is 0. The number of nitrogens with zero attached hydrogens (tertiary/aromatic N) is 1. The Balaban J connectivity index is 1.05. The third-order valence-corrected chi connectivity index (χ3v) is 13.8. The number of benzene rings is 8. The zero-order valence-corrected chi connectivity index (χ0v) is 29.7. The number of aromatic nitrogens is 1. The molecule has 2 heteroatoms. The summed E-state index contributed by atoms with van der Waals surface area (Å²) in [6.45, 7) is 0. The largest absolute Gasteiger partial charge is 0.309 e. The van der Waals surface area contributed by atoms with Gasteiger partial charge < -0.3 is 4.57 Å². The summed E-state index contributed by atoms with van der Waals surface area (Å²) in [6.07, 6.45) is 6.94. The lowest BCUT2D eigenvalue weighted by molar-refractivity contribution is 0.715. The number of fused-ring (bicyclic) bond motifs is 12. The minimum Gasteiger partial charge on any atom is -0.309 e. The van der Waals surface area contributed by atoms with E-state index in [2.05, 4.69) is 168 Å². The van der Waals surface area contributed by atoms with Crippen molar-refractivity contribution >= 4 is 80.4 Å². The molecule has 10 aromatic rings. The van der Waals surface area contributed by atoms with Gasteiger partial charge in [0, 0.05) is 36.6 Å². The van der Waals surface area contributed by atoms with Crippen LogP contribution in [0.3, 0.4) is 0 Å². The molecule has 0 bridgehead atoms. The van der Waals surface area contributed by atoms with Crippen molar-refractivity contribution in [2.45, 2.75) is 18.3 Å². The second-order valence-corrected chi connectivity index (χ2v) is 16.2. The third-order valence-electron chi connectivity index (χ3n) is 12.7. The predicted octanol–water partition coefficient (Wildman–Crippen LogP) is 13.9. The van der Waals surface area contributed by atoms with Crippen molar-refractivity contribution < 1.29 is 0 Å². The number of allylic oxidation sites excluding steroid dienone is 4. The molecule has 8 aromatic carbocycles. The Labute approximate surface area is 310 Å². The first kappa shape index (κ1) is 28.4. The molecule has 1 spiro atoms. The van der Waals surface area contributed by atoms with E-state index in [1.54, 1.807) is 5.57 Å². The maximum atomic E-state index is 2.54. The first-order valence-electron chi connectivity index (χ1n) is 18.7. The maximum Gasteiger partial charge on any atom is 0.0689 e. The Morgan fingerprint density at radius 2 is 1.21 bits per heavy atom. The number of hydrogen-bond donors (Lipinski definition) is 0. The molecule has 2 aromatic heterocycles. The van der Waals surface area contributed by atoms with Gasteiger partial charge in [-0.25, -0.2) is 0 Å². The van der Waals surface area contributed by atoms with Crippen molar-refractivity contribution in [1.82, 2.24) is 4.57 Å². The van der Waals surface area contributed by atoms with Crippen LogP contribution < -0.4 is 0 Å². The SMILES string of the molecule is C1=CC2=C(CC1)C1(c3cc(-n4c5ccccc5c5cc(-c6ccc7sc8ccccc8c7c6)ccc54)ccc32)c2cccc3ccc4cccc1c4c23. The Morgan fingerprint density at radius 3 is 2.04 bits per heavy atom. The Bertz CT molecular complexity index is 3280. The number of rotatable bonds is 2. The van der Waals surface area contributed by atoms with Crippen molar-refractivity contribution in [3.05, 3.63) is 192 Å². The van der Waals surface area contributed by atoms with Gasteiger partial charge in [-0.2, -0.15) is 0 Å². The van der Waals surface area contributed by atoms with Crippen molar-refractivity contribution in [3.8, 4) is 16.8 Å². The van der Waals surface area contributed by atoms with Gasteiger partial charge in [0.1, 0.15) is 0 Å². The lowest BCUT2D eigenvalue weighted by Gasteiger charge is -2.34. The van der Waals surface area contributed by atoms with Crippen molar-refractivity contribution in [3.63, 3.8) is 0 Å². The first-order chi connectivity index (χ1) is 26.3. The highest BCUT2D eigenvalue weighted by Gasteiger charge is 2.51. The highest BCUT2D eigenvalue weighted by Crippen LogP contribution is 2.63. The van der Waals surface area contributed by atoms with E-state index in [9.17, 15) is 0 Å². The van der Waals surface area contributed by atoms with E-state index >= 15 is 0 Å². The van der Waals surface area contributed by atoms with Gasteiger partial charge in [0.25, 0.3) is 0 Å². The van der Waals surface area contributed by atoms with Gasteiger partial charge >= 0.3 is 0 Å². The van der Waals surface area contributed by atoms with Gasteiger partial charge in [-0.05, 0) is 127 Å². The minimum atomic E-state index is -0.301. The van der Waals surface area contributed by atoms with Crippen LogP contribution in [0.5, 0.6) is 0 Å². The number of hydrogen-bond acceptors (Lipinski definition) is 1. The van der Waals surface area contributed by atoms with E-state index in [-0.39, 0.29) is 5.41 Å². The summed E-state index contributed by atoms with van der Waals surface area (Å²) in [7, 11) is 0. The second kappa shape index (κ2) is 10.0. The van der Waals surface area contributed by atoms with Crippen molar-refractivity contribution in [2.75, 3.05) is 0 Å². The molecule has 246 valence electrons. The third kappa shape index (κ3) is 3.48. The molecule has 0 unspecified atom stereocenters. The topological polar surface area (TPSA) is 4.93 Å². The van der Waals surface area contributed by atoms with Crippen molar-refractivity contribution in [1.29, 1.82) is 0 Å². The monoisotopic (exact) mass is 689 g/mol. The Kier molecular flexibility index (Phi) is 5.36. The summed E-state index contributed by atoms with van der Waals surface area (Å²) in [6, 6.07) is 57.7. The molecule has 3 aliphatic carbocycles. The lowest BCUT2D eigenvalue weighted by Crippen LogP contribution is -2.28. The van der Waals surface area contributed by atoms with Gasteiger partial charge in [0.05, 0.1) is 16.4 Å². The fourth-order valence-electron chi connectivity index (χ4n) is 10.6. The molecule has 0 aliphatic heterocycles. The highest BCUT2D eigenvalue weighted by molar-refractivity contribution is 7.25. The molecule has 1 nitrogen and oxygen atoms in total. The quantitative estimate of drug-likeness (QED) is 0.159. The fourth-order valence-corrected chi connectivity index (χ4v) is 11.6. The molecule has 0 N–H and O–H groups in total. The average molecular weight is 690 g/mol. The van der Waals surface area contributed by atoms with Crippen LogP contribution in [0, 0.1) is 0 Å². The average Bonchev–Trinajstić information content (AvgIpc) is 3.93. The fraction of sp³-hybridized carbons (Fsp3) is 0.0588. The van der Waals surface area contributed by atoms with E-state index in [0.29, 0.717) is 0 Å².